The van der Waals surface area contributed by atoms with E-state index in [1.165, 1.54) is 18.4 Å². The zero-order chi connectivity index (χ0) is 14.7. The van der Waals surface area contributed by atoms with E-state index in [2.05, 4.69) is 54.4 Å². The van der Waals surface area contributed by atoms with Gasteiger partial charge in [-0.3, -0.25) is 4.90 Å². The lowest BCUT2D eigenvalue weighted by Crippen LogP contribution is -2.60. The number of benzene rings is 1. The summed E-state index contributed by atoms with van der Waals surface area (Å²) in [7, 11) is 0. The number of nitrogens with one attached hydrogen (secondary N) is 1. The van der Waals surface area contributed by atoms with Crippen LogP contribution in [-0.2, 0) is 4.74 Å². The molecule has 3 unspecified atom stereocenters. The molecule has 21 heavy (non-hydrogen) atoms. The van der Waals surface area contributed by atoms with Crippen LogP contribution in [0.5, 0.6) is 0 Å². The van der Waals surface area contributed by atoms with Gasteiger partial charge in [-0.15, -0.1) is 0 Å². The standard InChI is InChI=1S/C18H28N2O/c1-3-18(2)14-20(12-15-9-10-21-13-15)17(11-19-18)16-7-5-4-6-8-16/h4-8,15,17,19H,3,9-14H2,1-2H3. The number of rotatable bonds is 4. The maximum absolute atomic E-state index is 5.58. The van der Waals surface area contributed by atoms with Gasteiger partial charge in [-0.25, -0.2) is 0 Å². The molecular weight excluding hydrogens is 260 g/mol. The highest BCUT2D eigenvalue weighted by atomic mass is 16.5. The molecule has 2 heterocycles. The second-order valence-corrected chi connectivity index (χ2v) is 6.88. The quantitative estimate of drug-likeness (QED) is 0.922. The third-order valence-corrected chi connectivity index (χ3v) is 5.20. The van der Waals surface area contributed by atoms with Crippen LogP contribution in [0.4, 0.5) is 0 Å². The van der Waals surface area contributed by atoms with Crippen molar-refractivity contribution < 1.29 is 4.74 Å². The molecule has 0 bridgehead atoms. The van der Waals surface area contributed by atoms with E-state index in [9.17, 15) is 0 Å². The second kappa shape index (κ2) is 6.47. The van der Waals surface area contributed by atoms with E-state index in [1.54, 1.807) is 0 Å². The van der Waals surface area contributed by atoms with Crippen molar-refractivity contribution in [1.29, 1.82) is 0 Å². The average molecular weight is 288 g/mol. The average Bonchev–Trinajstić information content (AvgIpc) is 3.01. The lowest BCUT2D eigenvalue weighted by molar-refractivity contribution is 0.0656. The zero-order valence-corrected chi connectivity index (χ0v) is 13.3. The highest BCUT2D eigenvalue weighted by Gasteiger charge is 2.36. The Morgan fingerprint density at radius 1 is 1.33 bits per heavy atom. The lowest BCUT2D eigenvalue weighted by Gasteiger charge is -2.47. The van der Waals surface area contributed by atoms with Crippen LogP contribution in [0, 0.1) is 5.92 Å². The summed E-state index contributed by atoms with van der Waals surface area (Å²) in [5.41, 5.74) is 1.67. The van der Waals surface area contributed by atoms with E-state index in [0.717, 1.165) is 32.8 Å². The Balaban J connectivity index is 1.76. The van der Waals surface area contributed by atoms with Crippen LogP contribution >= 0.6 is 0 Å². The van der Waals surface area contributed by atoms with Crippen LogP contribution in [0.25, 0.3) is 0 Å². The molecule has 3 heteroatoms. The topological polar surface area (TPSA) is 24.5 Å². The molecule has 0 radical (unpaired) electrons. The smallest absolute Gasteiger partial charge is 0.0507 e. The lowest BCUT2D eigenvalue weighted by atomic mass is 9.90. The molecule has 0 aliphatic carbocycles. The SMILES string of the molecule is CCC1(C)CN(CC2CCOC2)C(c2ccccc2)CN1. The van der Waals surface area contributed by atoms with Crippen LogP contribution in [0.1, 0.15) is 38.3 Å². The first-order valence-electron chi connectivity index (χ1n) is 8.32. The molecule has 1 N–H and O–H groups in total. The first kappa shape index (κ1) is 15.0. The minimum Gasteiger partial charge on any atom is -0.381 e. The minimum absolute atomic E-state index is 0.241. The summed E-state index contributed by atoms with van der Waals surface area (Å²) in [5.74, 6) is 0.704. The van der Waals surface area contributed by atoms with Crippen LogP contribution in [0.15, 0.2) is 30.3 Å². The second-order valence-electron chi connectivity index (χ2n) is 6.88. The van der Waals surface area contributed by atoms with Gasteiger partial charge in [-0.2, -0.15) is 0 Å². The molecular formula is C18H28N2O. The fourth-order valence-corrected chi connectivity index (χ4v) is 3.58. The Kier molecular flexibility index (Phi) is 4.63. The van der Waals surface area contributed by atoms with E-state index >= 15 is 0 Å². The van der Waals surface area contributed by atoms with E-state index in [4.69, 9.17) is 4.74 Å². The number of hydrogen-bond acceptors (Lipinski definition) is 3. The third-order valence-electron chi connectivity index (χ3n) is 5.20. The molecule has 1 aromatic carbocycles. The summed E-state index contributed by atoms with van der Waals surface area (Å²) < 4.78 is 5.58. The summed E-state index contributed by atoms with van der Waals surface area (Å²) >= 11 is 0. The van der Waals surface area contributed by atoms with Gasteiger partial charge >= 0.3 is 0 Å². The molecule has 0 amide bonds. The van der Waals surface area contributed by atoms with Gasteiger partial charge in [0.2, 0.25) is 0 Å². The predicted octanol–water partition coefficient (Wildman–Crippen LogP) is 2.84. The number of ether oxygens (including phenoxy) is 1. The molecule has 1 aromatic rings. The molecule has 2 aliphatic rings. The summed E-state index contributed by atoms with van der Waals surface area (Å²) in [6.45, 7) is 9.85. The summed E-state index contributed by atoms with van der Waals surface area (Å²) in [6.07, 6.45) is 2.39. The number of hydrogen-bond donors (Lipinski definition) is 1. The zero-order valence-electron chi connectivity index (χ0n) is 13.3. The van der Waals surface area contributed by atoms with Crippen LogP contribution in [0.3, 0.4) is 0 Å². The van der Waals surface area contributed by atoms with Crippen LogP contribution in [-0.4, -0.2) is 43.3 Å². The Morgan fingerprint density at radius 2 is 2.14 bits per heavy atom. The van der Waals surface area contributed by atoms with Gasteiger partial charge in [-0.05, 0) is 31.2 Å². The molecule has 2 aliphatic heterocycles. The molecule has 116 valence electrons. The van der Waals surface area contributed by atoms with Crippen molar-refractivity contribution in [3.63, 3.8) is 0 Å². The minimum atomic E-state index is 0.241. The first-order valence-corrected chi connectivity index (χ1v) is 8.32. The van der Waals surface area contributed by atoms with Gasteiger partial charge in [0.15, 0.2) is 0 Å². The molecule has 3 nitrogen and oxygen atoms in total. The van der Waals surface area contributed by atoms with Gasteiger partial charge in [0.1, 0.15) is 0 Å². The third kappa shape index (κ3) is 3.47. The van der Waals surface area contributed by atoms with Crippen molar-refractivity contribution in [3.05, 3.63) is 35.9 Å². The normalized spacial score (nSPS) is 34.2. The van der Waals surface area contributed by atoms with Gasteiger partial charge in [0.05, 0.1) is 6.61 Å². The van der Waals surface area contributed by atoms with E-state index in [1.807, 2.05) is 0 Å². The number of nitrogens with zero attached hydrogens (tertiary/aromatic N) is 1. The van der Waals surface area contributed by atoms with E-state index in [-0.39, 0.29) is 5.54 Å². The van der Waals surface area contributed by atoms with E-state index < -0.39 is 0 Å². The molecule has 2 fully saturated rings. The van der Waals surface area contributed by atoms with Crippen molar-refractivity contribution in [2.45, 2.75) is 38.3 Å². The van der Waals surface area contributed by atoms with Gasteiger partial charge < -0.3 is 10.1 Å². The Bertz CT molecular complexity index is 444. The Morgan fingerprint density at radius 3 is 2.81 bits per heavy atom. The van der Waals surface area contributed by atoms with Crippen molar-refractivity contribution in [2.75, 3.05) is 32.8 Å². The largest absolute Gasteiger partial charge is 0.381 e. The summed E-state index contributed by atoms with van der Waals surface area (Å²) in [4.78, 5) is 2.69. The van der Waals surface area contributed by atoms with Gasteiger partial charge in [-0.1, -0.05) is 37.3 Å². The molecule has 2 saturated heterocycles. The van der Waals surface area contributed by atoms with Crippen molar-refractivity contribution in [1.82, 2.24) is 10.2 Å². The van der Waals surface area contributed by atoms with Crippen molar-refractivity contribution in [3.8, 4) is 0 Å². The van der Waals surface area contributed by atoms with Gasteiger partial charge in [0, 0.05) is 37.8 Å². The predicted molar refractivity (Wildman–Crippen MR) is 86.4 cm³/mol. The highest BCUT2D eigenvalue weighted by Crippen LogP contribution is 2.30. The summed E-state index contributed by atoms with van der Waals surface area (Å²) in [6, 6.07) is 11.4. The first-order chi connectivity index (χ1) is 10.2. The fourth-order valence-electron chi connectivity index (χ4n) is 3.58. The maximum Gasteiger partial charge on any atom is 0.0507 e. The van der Waals surface area contributed by atoms with Crippen molar-refractivity contribution in [2.24, 2.45) is 5.92 Å². The highest BCUT2D eigenvalue weighted by molar-refractivity contribution is 5.21. The Hall–Kier alpha value is -0.900. The van der Waals surface area contributed by atoms with Crippen LogP contribution < -0.4 is 5.32 Å². The monoisotopic (exact) mass is 288 g/mol. The summed E-state index contributed by atoms with van der Waals surface area (Å²) in [5, 5.41) is 3.78. The molecule has 0 spiro atoms. The molecule has 0 saturated carbocycles. The van der Waals surface area contributed by atoms with E-state index in [0.29, 0.717) is 12.0 Å². The van der Waals surface area contributed by atoms with Crippen LogP contribution in [0.2, 0.25) is 0 Å². The van der Waals surface area contributed by atoms with Crippen molar-refractivity contribution >= 4 is 0 Å². The molecule has 3 rings (SSSR count). The van der Waals surface area contributed by atoms with Gasteiger partial charge in [0.25, 0.3) is 0 Å². The molecule has 0 aromatic heterocycles. The molecule has 3 atom stereocenters. The number of piperazine rings is 1. The Labute approximate surface area is 128 Å². The fraction of sp³-hybridized carbons (Fsp3) is 0.667. The maximum atomic E-state index is 5.58.